The lowest BCUT2D eigenvalue weighted by Gasteiger charge is -2.24. The molecule has 2 saturated heterocycles. The van der Waals surface area contributed by atoms with Gasteiger partial charge in [-0.15, -0.1) is 10.1 Å². The van der Waals surface area contributed by atoms with Gasteiger partial charge in [-0.1, -0.05) is 64.1 Å². The Kier molecular flexibility index (Phi) is 14.6. The second-order valence-electron chi connectivity index (χ2n) is 16.1. The van der Waals surface area contributed by atoms with E-state index in [2.05, 4.69) is 0 Å². The molecule has 64 heavy (non-hydrogen) atoms. The van der Waals surface area contributed by atoms with Gasteiger partial charge in [-0.2, -0.15) is 0 Å². The van der Waals surface area contributed by atoms with Crippen molar-refractivity contribution in [1.82, 2.24) is 10.1 Å². The predicted octanol–water partition coefficient (Wildman–Crippen LogP) is 7.96. The van der Waals surface area contributed by atoms with E-state index in [1.165, 1.54) is 0 Å². The number of para-hydroxylation sites is 2. The Bertz CT molecular complexity index is 2170. The minimum Gasteiger partial charge on any atom is -0.493 e. The molecule has 4 amide bonds. The molecule has 2 heterocycles. The zero-order valence-corrected chi connectivity index (χ0v) is 36.9. The molecule has 0 radical (unpaired) electrons. The van der Waals surface area contributed by atoms with Crippen LogP contribution < -0.4 is 18.9 Å². The van der Waals surface area contributed by atoms with Crippen molar-refractivity contribution in [3.8, 4) is 23.0 Å². The first kappa shape index (κ1) is 45.3. The standard InChI is InChI=1S/C50H54N2O12/c1-5-19-59-45-31-11-9-12-32(45)24-36-28-40(50(58)64-52-43(55)17-18-44(52)56)30-38(48(36)62-22-8-4)26-34-14-10-13-33(46(34)60-20-6-2)25-37-29-39(27-35(23-31)47(37)61-21-7-3)49(57)63-51-41(53)15-16-42(51)54/h9-14,27-30H,5-8,15-26H2,1-4H3. The molecule has 8 bridgehead atoms. The van der Waals surface area contributed by atoms with Crippen LogP contribution in [0.2, 0.25) is 0 Å². The number of benzene rings is 4. The molecule has 14 nitrogen and oxygen atoms in total. The lowest BCUT2D eigenvalue weighted by atomic mass is 9.89. The van der Waals surface area contributed by atoms with Gasteiger partial charge in [0.25, 0.3) is 23.6 Å². The summed E-state index contributed by atoms with van der Waals surface area (Å²) in [6.07, 6.45) is 3.67. The summed E-state index contributed by atoms with van der Waals surface area (Å²) in [7, 11) is 0. The number of hydroxylamine groups is 4. The summed E-state index contributed by atoms with van der Waals surface area (Å²) in [6, 6.07) is 18.4. The van der Waals surface area contributed by atoms with Crippen molar-refractivity contribution in [2.45, 2.75) is 105 Å². The minimum absolute atomic E-state index is 0.0397. The van der Waals surface area contributed by atoms with Crippen LogP contribution in [0.5, 0.6) is 23.0 Å². The van der Waals surface area contributed by atoms with Gasteiger partial charge in [0.05, 0.1) is 37.6 Å². The average Bonchev–Trinajstić information content (AvgIpc) is 3.77. The second kappa shape index (κ2) is 20.7. The van der Waals surface area contributed by atoms with Crippen LogP contribution in [-0.4, -0.2) is 72.1 Å². The number of hydrogen-bond acceptors (Lipinski definition) is 12. The maximum absolute atomic E-state index is 14.0. The molecule has 3 aliphatic rings. The summed E-state index contributed by atoms with van der Waals surface area (Å²) in [5.41, 5.74) is 6.01. The predicted molar refractivity (Wildman–Crippen MR) is 233 cm³/mol. The molecule has 1 aliphatic carbocycles. The zero-order valence-electron chi connectivity index (χ0n) is 36.9. The van der Waals surface area contributed by atoms with Gasteiger partial charge < -0.3 is 28.6 Å². The fourth-order valence-corrected chi connectivity index (χ4v) is 8.07. The van der Waals surface area contributed by atoms with Crippen LogP contribution in [0.4, 0.5) is 0 Å². The Balaban J connectivity index is 1.46. The number of imide groups is 2. The third-order valence-electron chi connectivity index (χ3n) is 11.0. The number of ether oxygens (including phenoxy) is 4. The largest absolute Gasteiger partial charge is 0.493 e. The summed E-state index contributed by atoms with van der Waals surface area (Å²) < 4.78 is 26.3. The van der Waals surface area contributed by atoms with Gasteiger partial charge in [-0.3, -0.25) is 19.2 Å². The highest BCUT2D eigenvalue weighted by Crippen LogP contribution is 2.40. The van der Waals surface area contributed by atoms with Crippen LogP contribution in [0.1, 0.15) is 144 Å². The molecule has 0 atom stereocenters. The molecular formula is C50H54N2O12. The van der Waals surface area contributed by atoms with Crippen molar-refractivity contribution in [1.29, 1.82) is 0 Å². The van der Waals surface area contributed by atoms with Crippen molar-refractivity contribution in [3.05, 3.63) is 116 Å². The summed E-state index contributed by atoms with van der Waals surface area (Å²) in [5, 5.41) is 1.09. The molecule has 0 spiro atoms. The lowest BCUT2D eigenvalue weighted by Crippen LogP contribution is -2.32. The van der Waals surface area contributed by atoms with Gasteiger partial charge in [0.2, 0.25) is 0 Å². The van der Waals surface area contributed by atoms with Crippen LogP contribution in [0, 0.1) is 0 Å². The molecule has 0 unspecified atom stereocenters. The molecule has 0 N–H and O–H groups in total. The topological polar surface area (TPSA) is 164 Å². The van der Waals surface area contributed by atoms with Crippen molar-refractivity contribution in [3.63, 3.8) is 0 Å². The van der Waals surface area contributed by atoms with Gasteiger partial charge in [-0.25, -0.2) is 9.59 Å². The second-order valence-corrected chi connectivity index (χ2v) is 16.1. The van der Waals surface area contributed by atoms with E-state index in [0.717, 1.165) is 22.3 Å². The molecule has 2 fully saturated rings. The Morgan fingerprint density at radius 2 is 0.672 bits per heavy atom. The van der Waals surface area contributed by atoms with Gasteiger partial charge >= 0.3 is 11.9 Å². The van der Waals surface area contributed by atoms with E-state index in [1.807, 2.05) is 64.1 Å². The SMILES string of the molecule is CCCOc1c2cccc1Cc1cc(C(=O)ON3C(=O)CCC3=O)cc(c1OCCC)Cc1cccc(c1OCCC)Cc1cc(C(=O)ON3C(=O)CCC3=O)cc(c1OCCC)C2. The Morgan fingerprint density at radius 3 is 0.922 bits per heavy atom. The number of rotatable bonds is 16. The normalized spacial score (nSPS) is 14.8. The third kappa shape index (κ3) is 10.1. The van der Waals surface area contributed by atoms with E-state index in [1.54, 1.807) is 24.3 Å². The minimum atomic E-state index is -0.860. The summed E-state index contributed by atoms with van der Waals surface area (Å²) in [5.74, 6) is -1.69. The molecule has 336 valence electrons. The molecule has 4 aromatic carbocycles. The number of nitrogens with zero attached hydrogens (tertiary/aromatic N) is 2. The molecular weight excluding hydrogens is 821 g/mol. The maximum atomic E-state index is 14.0. The van der Waals surface area contributed by atoms with E-state index in [-0.39, 0.29) is 62.5 Å². The number of carbonyl (C=O) groups excluding carboxylic acids is 6. The van der Waals surface area contributed by atoms with Crippen molar-refractivity contribution in [2.24, 2.45) is 0 Å². The van der Waals surface area contributed by atoms with E-state index < -0.39 is 35.6 Å². The van der Waals surface area contributed by atoms with E-state index in [4.69, 9.17) is 28.6 Å². The molecule has 0 aromatic heterocycles. The van der Waals surface area contributed by atoms with Crippen LogP contribution in [0.3, 0.4) is 0 Å². The summed E-state index contributed by atoms with van der Waals surface area (Å²) in [4.78, 5) is 89.0. The molecule has 14 heteroatoms. The first-order valence-corrected chi connectivity index (χ1v) is 22.2. The number of hydrogen-bond donors (Lipinski definition) is 0. The van der Waals surface area contributed by atoms with Gasteiger partial charge in [0.15, 0.2) is 0 Å². The average molecular weight is 875 g/mol. The van der Waals surface area contributed by atoms with Crippen molar-refractivity contribution >= 4 is 35.6 Å². The molecule has 4 aromatic rings. The van der Waals surface area contributed by atoms with Crippen LogP contribution >= 0.6 is 0 Å². The Hall–Kier alpha value is -6.70. The first-order chi connectivity index (χ1) is 31.0. The highest BCUT2D eigenvalue weighted by Gasteiger charge is 2.35. The monoisotopic (exact) mass is 874 g/mol. The van der Waals surface area contributed by atoms with Crippen molar-refractivity contribution < 1.29 is 57.4 Å². The van der Waals surface area contributed by atoms with E-state index in [9.17, 15) is 28.8 Å². The fraction of sp³-hybridized carbons (Fsp3) is 0.400. The first-order valence-electron chi connectivity index (χ1n) is 22.2. The fourth-order valence-electron chi connectivity index (χ4n) is 8.07. The summed E-state index contributed by atoms with van der Waals surface area (Å²) >= 11 is 0. The molecule has 0 saturated carbocycles. The zero-order chi connectivity index (χ0) is 45.3. The maximum Gasteiger partial charge on any atom is 0.363 e. The van der Waals surface area contributed by atoms with Crippen molar-refractivity contribution in [2.75, 3.05) is 26.4 Å². The highest BCUT2D eigenvalue weighted by molar-refractivity contribution is 6.03. The van der Waals surface area contributed by atoms with E-state index in [0.29, 0.717) is 107 Å². The lowest BCUT2D eigenvalue weighted by molar-refractivity contribution is -0.173. The summed E-state index contributed by atoms with van der Waals surface area (Å²) in [6.45, 7) is 9.60. The number of carbonyl (C=O) groups is 6. The highest BCUT2D eigenvalue weighted by atomic mass is 16.7. The quantitative estimate of drug-likeness (QED) is 0.0880. The molecule has 2 aliphatic heterocycles. The number of amides is 4. The van der Waals surface area contributed by atoms with E-state index >= 15 is 0 Å². The third-order valence-corrected chi connectivity index (χ3v) is 11.0. The van der Waals surface area contributed by atoms with Crippen LogP contribution in [0.15, 0.2) is 60.7 Å². The van der Waals surface area contributed by atoms with Gasteiger partial charge in [0.1, 0.15) is 23.0 Å². The Labute approximate surface area is 372 Å². The smallest absolute Gasteiger partial charge is 0.363 e. The Morgan fingerprint density at radius 1 is 0.422 bits per heavy atom. The van der Waals surface area contributed by atoms with Crippen LogP contribution in [-0.2, 0) is 54.5 Å². The molecule has 7 rings (SSSR count). The van der Waals surface area contributed by atoms with Gasteiger partial charge in [-0.05, 0) is 94.5 Å². The number of fused-ring (bicyclic) bond motifs is 8. The van der Waals surface area contributed by atoms with Gasteiger partial charge in [0, 0.05) is 51.4 Å². The van der Waals surface area contributed by atoms with Crippen LogP contribution in [0.25, 0.3) is 0 Å².